The average molecular weight is 324 g/mol. The Morgan fingerprint density at radius 2 is 2.05 bits per heavy atom. The highest BCUT2D eigenvalue weighted by molar-refractivity contribution is 8.26. The molecule has 1 aliphatic rings. The first-order valence-electron chi connectivity index (χ1n) is 5.34. The van der Waals surface area contributed by atoms with E-state index in [0.717, 1.165) is 22.7 Å². The van der Waals surface area contributed by atoms with Crippen LogP contribution in [0.5, 0.6) is 0 Å². The van der Waals surface area contributed by atoms with Crippen molar-refractivity contribution in [1.29, 1.82) is 5.26 Å². The van der Waals surface area contributed by atoms with Gasteiger partial charge in [0.1, 0.15) is 22.5 Å². The number of aliphatic carboxylic acids is 2. The minimum atomic E-state index is -1.35. The first kappa shape index (κ1) is 16.6. The van der Waals surface area contributed by atoms with Crippen molar-refractivity contribution in [2.45, 2.75) is 0 Å². The maximum Gasteiger partial charge on any atom is 0.346 e. The highest BCUT2D eigenvalue weighted by Crippen LogP contribution is 2.30. The fraction of sp³-hybridized carbons (Fsp3) is 0.0833. The van der Waals surface area contributed by atoms with Gasteiger partial charge >= 0.3 is 11.9 Å². The van der Waals surface area contributed by atoms with Crippen molar-refractivity contribution in [1.82, 2.24) is 4.90 Å². The number of hydrogen-bond acceptors (Lipinski definition) is 6. The number of nitrogens with zero attached hydrogens (tertiary/aromatic N) is 2. The zero-order chi connectivity index (χ0) is 16.0. The molecule has 7 nitrogen and oxygen atoms in total. The van der Waals surface area contributed by atoms with Crippen LogP contribution in [-0.4, -0.2) is 43.8 Å². The summed E-state index contributed by atoms with van der Waals surface area (Å²) in [5.41, 5.74) is -0.446. The Kier molecular flexibility index (Phi) is 5.83. The maximum atomic E-state index is 11.8. The number of nitriles is 1. The van der Waals surface area contributed by atoms with Gasteiger partial charge in [-0.1, -0.05) is 36.1 Å². The molecule has 1 rings (SSSR count). The van der Waals surface area contributed by atoms with Crippen molar-refractivity contribution in [3.63, 3.8) is 0 Å². The Hall–Kier alpha value is -2.44. The van der Waals surface area contributed by atoms with Gasteiger partial charge < -0.3 is 10.2 Å². The van der Waals surface area contributed by atoms with E-state index < -0.39 is 30.0 Å². The minimum Gasteiger partial charge on any atom is -0.480 e. The molecular formula is C12H8N2O5S2. The van der Waals surface area contributed by atoms with Gasteiger partial charge in [0.2, 0.25) is 0 Å². The minimum absolute atomic E-state index is 0.140. The molecule has 0 unspecified atom stereocenters. The van der Waals surface area contributed by atoms with Gasteiger partial charge in [-0.05, 0) is 12.2 Å². The molecule has 0 atom stereocenters. The monoisotopic (exact) mass is 324 g/mol. The molecule has 1 aliphatic heterocycles. The smallest absolute Gasteiger partial charge is 0.346 e. The lowest BCUT2D eigenvalue weighted by molar-refractivity contribution is -0.140. The molecule has 0 aromatic heterocycles. The van der Waals surface area contributed by atoms with E-state index in [1.165, 1.54) is 24.3 Å². The molecule has 9 heteroatoms. The fourth-order valence-electron chi connectivity index (χ4n) is 1.24. The zero-order valence-corrected chi connectivity index (χ0v) is 12.0. The van der Waals surface area contributed by atoms with Gasteiger partial charge in [-0.3, -0.25) is 14.5 Å². The van der Waals surface area contributed by atoms with E-state index in [1.807, 2.05) is 0 Å². The summed E-state index contributed by atoms with van der Waals surface area (Å²) in [6.45, 7) is -0.511. The third kappa shape index (κ3) is 4.55. The lowest BCUT2D eigenvalue weighted by atomic mass is 10.2. The number of rotatable bonds is 5. The quantitative estimate of drug-likeness (QED) is 0.331. The SMILES string of the molecule is N#CC(=CC=CC=C1SC(=S)N(CC(=O)O)C1=O)C(=O)O. The second-order valence-electron chi connectivity index (χ2n) is 3.57. The zero-order valence-electron chi connectivity index (χ0n) is 10.3. The summed E-state index contributed by atoms with van der Waals surface area (Å²) >= 11 is 5.84. The van der Waals surface area contributed by atoms with Crippen LogP contribution >= 0.6 is 24.0 Å². The highest BCUT2D eigenvalue weighted by Gasteiger charge is 2.32. The molecule has 0 saturated carbocycles. The van der Waals surface area contributed by atoms with Gasteiger partial charge in [0.05, 0.1) is 4.91 Å². The van der Waals surface area contributed by atoms with Crippen LogP contribution in [0.15, 0.2) is 34.8 Å². The van der Waals surface area contributed by atoms with Crippen LogP contribution in [-0.2, 0) is 14.4 Å². The molecule has 0 bridgehead atoms. The Labute approximate surface area is 128 Å². The van der Waals surface area contributed by atoms with Crippen LogP contribution in [0.3, 0.4) is 0 Å². The summed E-state index contributed by atoms with van der Waals surface area (Å²) in [7, 11) is 0. The van der Waals surface area contributed by atoms with E-state index in [1.54, 1.807) is 0 Å². The normalized spacial score (nSPS) is 17.6. The summed E-state index contributed by atoms with van der Waals surface area (Å²) in [5.74, 6) is -3.05. The summed E-state index contributed by atoms with van der Waals surface area (Å²) < 4.78 is 0.140. The van der Waals surface area contributed by atoms with Crippen molar-refractivity contribution in [2.75, 3.05) is 6.54 Å². The number of hydrogen-bond donors (Lipinski definition) is 2. The summed E-state index contributed by atoms with van der Waals surface area (Å²) in [6, 6.07) is 1.50. The van der Waals surface area contributed by atoms with Crippen LogP contribution in [0.25, 0.3) is 0 Å². The van der Waals surface area contributed by atoms with Crippen LogP contribution in [0.2, 0.25) is 0 Å². The first-order valence-corrected chi connectivity index (χ1v) is 6.56. The summed E-state index contributed by atoms with van der Waals surface area (Å²) in [5, 5.41) is 25.8. The number of carboxylic acid groups (broad SMARTS) is 2. The predicted octanol–water partition coefficient (Wildman–Crippen LogP) is 0.906. The van der Waals surface area contributed by atoms with E-state index in [-0.39, 0.29) is 9.23 Å². The summed E-state index contributed by atoms with van der Waals surface area (Å²) in [4.78, 5) is 34.1. The molecule has 21 heavy (non-hydrogen) atoms. The van der Waals surface area contributed by atoms with Gasteiger partial charge in [0.25, 0.3) is 5.91 Å². The number of thioether (sulfide) groups is 1. The molecule has 0 aromatic rings. The number of allylic oxidation sites excluding steroid dienone is 4. The number of amides is 1. The Balaban J connectivity index is 2.82. The molecule has 1 saturated heterocycles. The van der Waals surface area contributed by atoms with E-state index in [9.17, 15) is 14.4 Å². The number of thiocarbonyl (C=S) groups is 1. The molecule has 0 aromatic carbocycles. The highest BCUT2D eigenvalue weighted by atomic mass is 32.2. The van der Waals surface area contributed by atoms with Gasteiger partial charge in [0.15, 0.2) is 0 Å². The van der Waals surface area contributed by atoms with Crippen molar-refractivity contribution in [2.24, 2.45) is 0 Å². The van der Waals surface area contributed by atoms with Crippen LogP contribution < -0.4 is 0 Å². The number of carbonyl (C=O) groups is 3. The fourth-order valence-corrected chi connectivity index (χ4v) is 2.44. The van der Waals surface area contributed by atoms with Crippen molar-refractivity contribution >= 4 is 46.1 Å². The van der Waals surface area contributed by atoms with Gasteiger partial charge in [-0.15, -0.1) is 0 Å². The summed E-state index contributed by atoms with van der Waals surface area (Å²) in [6.07, 6.45) is 5.11. The third-order valence-corrected chi connectivity index (χ3v) is 3.54. The molecule has 2 N–H and O–H groups in total. The molecule has 0 radical (unpaired) electrons. The molecule has 1 heterocycles. The van der Waals surface area contributed by atoms with Crippen LogP contribution in [0.4, 0.5) is 0 Å². The topological polar surface area (TPSA) is 119 Å². The first-order chi connectivity index (χ1) is 9.86. The second kappa shape index (κ2) is 7.37. The maximum absolute atomic E-state index is 11.8. The molecule has 108 valence electrons. The average Bonchev–Trinajstić information content (AvgIpc) is 2.65. The van der Waals surface area contributed by atoms with Gasteiger partial charge in [-0.25, -0.2) is 4.79 Å². The van der Waals surface area contributed by atoms with Crippen molar-refractivity contribution in [3.05, 3.63) is 34.8 Å². The van der Waals surface area contributed by atoms with E-state index in [0.29, 0.717) is 0 Å². The van der Waals surface area contributed by atoms with Crippen molar-refractivity contribution in [3.8, 4) is 6.07 Å². The molecule has 1 amide bonds. The second-order valence-corrected chi connectivity index (χ2v) is 5.24. The van der Waals surface area contributed by atoms with E-state index in [4.69, 9.17) is 27.7 Å². The standard InChI is InChI=1S/C12H8N2O5S2/c13-5-7(11(18)19)3-1-2-4-8-10(17)14(6-9(15)16)12(20)21-8/h1-4H,6H2,(H,15,16)(H,18,19). The Morgan fingerprint density at radius 1 is 1.38 bits per heavy atom. The largest absolute Gasteiger partial charge is 0.480 e. The third-order valence-electron chi connectivity index (χ3n) is 2.14. The lowest BCUT2D eigenvalue weighted by Gasteiger charge is -2.09. The Morgan fingerprint density at radius 3 is 2.57 bits per heavy atom. The predicted molar refractivity (Wildman–Crippen MR) is 78.1 cm³/mol. The van der Waals surface area contributed by atoms with Crippen molar-refractivity contribution < 1.29 is 24.6 Å². The number of carbonyl (C=O) groups excluding carboxylic acids is 1. The van der Waals surface area contributed by atoms with E-state index in [2.05, 4.69) is 0 Å². The number of carboxylic acids is 2. The molecule has 0 aliphatic carbocycles. The van der Waals surface area contributed by atoms with E-state index >= 15 is 0 Å². The van der Waals surface area contributed by atoms with Gasteiger partial charge in [0, 0.05) is 0 Å². The van der Waals surface area contributed by atoms with Crippen LogP contribution in [0, 0.1) is 11.3 Å². The van der Waals surface area contributed by atoms with Crippen LogP contribution in [0.1, 0.15) is 0 Å². The Bertz CT molecular complexity index is 643. The molecular weight excluding hydrogens is 316 g/mol. The lowest BCUT2D eigenvalue weighted by Crippen LogP contribution is -2.33. The molecule has 1 fully saturated rings. The van der Waals surface area contributed by atoms with Gasteiger partial charge in [-0.2, -0.15) is 5.26 Å². The molecule has 0 spiro atoms.